The number of hydrogen-bond acceptors (Lipinski definition) is 7. The van der Waals surface area contributed by atoms with E-state index in [1.165, 1.54) is 32.3 Å². The maximum absolute atomic E-state index is 12.9. The van der Waals surface area contributed by atoms with Crippen LogP contribution in [0.2, 0.25) is 0 Å². The molecule has 0 aliphatic rings. The Hall–Kier alpha value is -3.74. The third-order valence-electron chi connectivity index (χ3n) is 4.91. The van der Waals surface area contributed by atoms with Crippen molar-refractivity contribution in [3.05, 3.63) is 62.5 Å². The van der Waals surface area contributed by atoms with Gasteiger partial charge in [0.1, 0.15) is 12.1 Å². The van der Waals surface area contributed by atoms with Gasteiger partial charge in [-0.2, -0.15) is 13.2 Å². The largest absolute Gasteiger partial charge is 0.494 e. The molecule has 13 heteroatoms. The third kappa shape index (κ3) is 4.93. The molecule has 3 aromatic rings. The molecule has 0 spiro atoms. The van der Waals surface area contributed by atoms with Gasteiger partial charge in [0.05, 0.1) is 0 Å². The number of aromatic hydroxyl groups is 1. The standard InChI is InChI=1S/C21H20F3N5O4S/c1-10(2)12-7-11(33-15-8-14(21(22,23)24)25-9-26-15)5-6-13(12)27-17(30)16-18(31)28(3)20(34)29(4)19(16)32/h5-10,31H,1-4H3,(H,27,30). The average molecular weight is 495 g/mol. The SMILES string of the molecule is CC(C)c1cc(Oc2cc(C(F)(F)F)ncn2)ccc1NC(=O)c1c(O)n(C)c(=S)n(C)c1=O. The topological polar surface area (TPSA) is 111 Å². The zero-order valence-electron chi connectivity index (χ0n) is 18.5. The van der Waals surface area contributed by atoms with E-state index in [0.717, 1.165) is 15.5 Å². The van der Waals surface area contributed by atoms with Crippen molar-refractivity contribution < 1.29 is 27.8 Å². The molecule has 0 saturated carbocycles. The third-order valence-corrected chi connectivity index (χ3v) is 5.46. The summed E-state index contributed by atoms with van der Waals surface area (Å²) in [6.07, 6.45) is -3.90. The Bertz CT molecular complexity index is 1380. The van der Waals surface area contributed by atoms with Gasteiger partial charge in [-0.25, -0.2) is 9.97 Å². The first-order chi connectivity index (χ1) is 15.8. The van der Waals surface area contributed by atoms with E-state index < -0.39 is 34.8 Å². The van der Waals surface area contributed by atoms with Gasteiger partial charge < -0.3 is 15.2 Å². The number of benzene rings is 1. The maximum Gasteiger partial charge on any atom is 0.433 e. The lowest BCUT2D eigenvalue weighted by atomic mass is 10.0. The van der Waals surface area contributed by atoms with Crippen LogP contribution in [-0.4, -0.2) is 30.1 Å². The molecule has 9 nitrogen and oxygen atoms in total. The average Bonchev–Trinajstić information content (AvgIpc) is 2.77. The fourth-order valence-electron chi connectivity index (χ4n) is 3.08. The van der Waals surface area contributed by atoms with E-state index in [-0.39, 0.29) is 22.3 Å². The summed E-state index contributed by atoms with van der Waals surface area (Å²) in [5, 5.41) is 12.9. The van der Waals surface area contributed by atoms with Gasteiger partial charge in [-0.05, 0) is 41.9 Å². The van der Waals surface area contributed by atoms with Gasteiger partial charge in [0.2, 0.25) is 11.8 Å². The number of carbonyl (C=O) groups is 1. The smallest absolute Gasteiger partial charge is 0.433 e. The fraction of sp³-hybridized carbons (Fsp3) is 0.286. The van der Waals surface area contributed by atoms with Crippen molar-refractivity contribution in [1.82, 2.24) is 19.1 Å². The number of aromatic nitrogens is 4. The number of nitrogens with zero attached hydrogens (tertiary/aromatic N) is 4. The Morgan fingerprint density at radius 1 is 1.18 bits per heavy atom. The highest BCUT2D eigenvalue weighted by atomic mass is 32.1. The number of halogens is 3. The summed E-state index contributed by atoms with van der Waals surface area (Å²) in [6, 6.07) is 5.09. The van der Waals surface area contributed by atoms with Crippen molar-refractivity contribution >= 4 is 23.8 Å². The number of alkyl halides is 3. The van der Waals surface area contributed by atoms with E-state index in [9.17, 15) is 27.9 Å². The van der Waals surface area contributed by atoms with Crippen LogP contribution in [0.5, 0.6) is 17.5 Å². The van der Waals surface area contributed by atoms with Crippen LogP contribution in [0, 0.1) is 4.77 Å². The van der Waals surface area contributed by atoms with Crippen LogP contribution >= 0.6 is 12.2 Å². The van der Waals surface area contributed by atoms with Crippen molar-refractivity contribution in [2.45, 2.75) is 25.9 Å². The molecule has 0 unspecified atom stereocenters. The lowest BCUT2D eigenvalue weighted by molar-refractivity contribution is -0.141. The van der Waals surface area contributed by atoms with Crippen LogP contribution in [0.25, 0.3) is 0 Å². The minimum absolute atomic E-state index is 0.0295. The summed E-state index contributed by atoms with van der Waals surface area (Å²) >= 11 is 5.05. The number of amides is 1. The molecule has 0 fully saturated rings. The summed E-state index contributed by atoms with van der Waals surface area (Å²) < 4.78 is 46.3. The van der Waals surface area contributed by atoms with Crippen LogP contribution in [0.1, 0.15) is 41.4 Å². The highest BCUT2D eigenvalue weighted by Crippen LogP contribution is 2.33. The van der Waals surface area contributed by atoms with E-state index in [1.54, 1.807) is 0 Å². The lowest BCUT2D eigenvalue weighted by Gasteiger charge is -2.17. The number of anilines is 1. The summed E-state index contributed by atoms with van der Waals surface area (Å²) in [4.78, 5) is 32.3. The first-order valence-electron chi connectivity index (χ1n) is 9.82. The minimum atomic E-state index is -4.65. The van der Waals surface area contributed by atoms with Gasteiger partial charge in [0.15, 0.2) is 16.0 Å². The Kier molecular flexibility index (Phi) is 6.77. The molecule has 2 heterocycles. The van der Waals surface area contributed by atoms with Crippen molar-refractivity contribution in [2.24, 2.45) is 14.1 Å². The Morgan fingerprint density at radius 3 is 2.47 bits per heavy atom. The monoisotopic (exact) mass is 495 g/mol. The first-order valence-corrected chi connectivity index (χ1v) is 10.2. The van der Waals surface area contributed by atoms with Crippen LogP contribution in [0.3, 0.4) is 0 Å². The van der Waals surface area contributed by atoms with E-state index in [1.807, 2.05) is 13.8 Å². The van der Waals surface area contributed by atoms with Crippen molar-refractivity contribution in [2.75, 3.05) is 5.32 Å². The van der Waals surface area contributed by atoms with Gasteiger partial charge in [0, 0.05) is 25.8 Å². The van der Waals surface area contributed by atoms with Gasteiger partial charge in [-0.3, -0.25) is 18.7 Å². The second kappa shape index (κ2) is 9.25. The van der Waals surface area contributed by atoms with Crippen molar-refractivity contribution in [3.63, 3.8) is 0 Å². The molecule has 0 saturated heterocycles. The van der Waals surface area contributed by atoms with Crippen LogP contribution in [-0.2, 0) is 20.3 Å². The van der Waals surface area contributed by atoms with Crippen LogP contribution in [0.4, 0.5) is 18.9 Å². The molecule has 1 aromatic carbocycles. The maximum atomic E-state index is 12.9. The Balaban J connectivity index is 1.94. The number of nitrogens with one attached hydrogen (secondary N) is 1. The molecule has 2 aromatic heterocycles. The lowest BCUT2D eigenvalue weighted by Crippen LogP contribution is -2.31. The molecule has 1 amide bonds. The summed E-state index contributed by atoms with van der Waals surface area (Å²) in [5.74, 6) is -1.73. The molecular weight excluding hydrogens is 475 g/mol. The molecule has 180 valence electrons. The molecule has 0 bridgehead atoms. The molecule has 34 heavy (non-hydrogen) atoms. The predicted octanol–water partition coefficient (Wildman–Crippen LogP) is 4.14. The number of hydrogen-bond donors (Lipinski definition) is 2. The molecule has 3 rings (SSSR count). The quantitative estimate of drug-likeness (QED) is 0.512. The van der Waals surface area contributed by atoms with Gasteiger partial charge in [-0.15, -0.1) is 0 Å². The highest BCUT2D eigenvalue weighted by Gasteiger charge is 2.33. The minimum Gasteiger partial charge on any atom is -0.494 e. The molecule has 0 aliphatic heterocycles. The highest BCUT2D eigenvalue weighted by molar-refractivity contribution is 7.71. The molecule has 0 aliphatic carbocycles. The molecule has 2 N–H and O–H groups in total. The summed E-state index contributed by atoms with van der Waals surface area (Å²) in [5.41, 5.74) is -1.53. The Labute approximate surface area is 196 Å². The van der Waals surface area contributed by atoms with Gasteiger partial charge in [-0.1, -0.05) is 13.8 Å². The number of rotatable bonds is 5. The van der Waals surface area contributed by atoms with E-state index in [4.69, 9.17) is 17.0 Å². The first kappa shape index (κ1) is 24.9. The predicted molar refractivity (Wildman–Crippen MR) is 119 cm³/mol. The molecule has 0 atom stereocenters. The second-order valence-corrected chi connectivity index (χ2v) is 7.97. The number of ether oxygens (including phenoxy) is 1. The van der Waals surface area contributed by atoms with Crippen molar-refractivity contribution in [3.8, 4) is 17.5 Å². The second-order valence-electron chi connectivity index (χ2n) is 7.60. The number of carbonyl (C=O) groups excluding carboxylic acids is 1. The van der Waals surface area contributed by atoms with Gasteiger partial charge >= 0.3 is 6.18 Å². The van der Waals surface area contributed by atoms with Crippen molar-refractivity contribution in [1.29, 1.82) is 0 Å². The van der Waals surface area contributed by atoms with E-state index >= 15 is 0 Å². The summed E-state index contributed by atoms with van der Waals surface area (Å²) in [6.45, 7) is 3.65. The zero-order chi connectivity index (χ0) is 25.4. The van der Waals surface area contributed by atoms with Gasteiger partial charge in [0.25, 0.3) is 11.5 Å². The summed E-state index contributed by atoms with van der Waals surface area (Å²) in [7, 11) is 2.79. The van der Waals surface area contributed by atoms with E-state index in [0.29, 0.717) is 17.3 Å². The van der Waals surface area contributed by atoms with Crippen LogP contribution < -0.4 is 15.6 Å². The molecule has 0 radical (unpaired) electrons. The zero-order valence-corrected chi connectivity index (χ0v) is 19.3. The molecular formula is C21H20F3N5O4S. The fourth-order valence-corrected chi connectivity index (χ4v) is 3.25. The normalized spacial score (nSPS) is 11.5. The Morgan fingerprint density at radius 2 is 1.85 bits per heavy atom. The van der Waals surface area contributed by atoms with E-state index in [2.05, 4.69) is 15.3 Å². The van der Waals surface area contributed by atoms with Crippen LogP contribution in [0.15, 0.2) is 35.4 Å².